The van der Waals surface area contributed by atoms with E-state index in [9.17, 15) is 9.59 Å². The minimum Gasteiger partial charge on any atom is -0.340 e. The molecule has 0 unspecified atom stereocenters. The van der Waals surface area contributed by atoms with Gasteiger partial charge in [-0.3, -0.25) is 9.69 Å². The highest BCUT2D eigenvalue weighted by Gasteiger charge is 2.40. The van der Waals surface area contributed by atoms with Crippen molar-refractivity contribution in [3.05, 3.63) is 0 Å². The number of likely N-dealkylation sites (tertiary alicyclic amines) is 1. The first-order chi connectivity index (χ1) is 13.2. The first kappa shape index (κ1) is 19.0. The van der Waals surface area contributed by atoms with Crippen LogP contribution in [0.25, 0.3) is 0 Å². The number of piperazine rings is 1. The summed E-state index contributed by atoms with van der Waals surface area (Å²) in [7, 11) is 0. The Labute approximate surface area is 163 Å². The predicted octanol–water partition coefficient (Wildman–Crippen LogP) is 2.30. The number of nitrogens with one attached hydrogen (secondary N) is 1. The maximum atomic E-state index is 12.5. The lowest BCUT2D eigenvalue weighted by atomic mass is 9.63. The summed E-state index contributed by atoms with van der Waals surface area (Å²) >= 11 is 0. The molecule has 0 bridgehead atoms. The van der Waals surface area contributed by atoms with Crippen molar-refractivity contribution >= 4 is 11.9 Å². The fraction of sp³-hybridized carbons (Fsp3) is 0.905. The monoisotopic (exact) mass is 376 g/mol. The molecule has 6 nitrogen and oxygen atoms in total. The van der Waals surface area contributed by atoms with Gasteiger partial charge in [-0.2, -0.15) is 0 Å². The number of urea groups is 1. The van der Waals surface area contributed by atoms with Crippen molar-refractivity contribution in [2.45, 2.75) is 57.8 Å². The topological polar surface area (TPSA) is 55.9 Å². The zero-order valence-corrected chi connectivity index (χ0v) is 16.8. The average molecular weight is 377 g/mol. The van der Waals surface area contributed by atoms with Crippen molar-refractivity contribution in [1.82, 2.24) is 20.0 Å². The third kappa shape index (κ3) is 4.41. The van der Waals surface area contributed by atoms with E-state index in [2.05, 4.69) is 15.1 Å². The Morgan fingerprint density at radius 2 is 1.48 bits per heavy atom. The molecule has 6 heteroatoms. The predicted molar refractivity (Wildman–Crippen MR) is 105 cm³/mol. The molecule has 1 N–H and O–H groups in total. The number of amides is 3. The summed E-state index contributed by atoms with van der Waals surface area (Å²) < 4.78 is 0. The molecule has 3 amide bonds. The maximum Gasteiger partial charge on any atom is 0.317 e. The second-order valence-corrected chi connectivity index (χ2v) is 9.22. The Hall–Kier alpha value is -1.30. The van der Waals surface area contributed by atoms with Gasteiger partial charge in [0.25, 0.3) is 0 Å². The highest BCUT2D eigenvalue weighted by molar-refractivity contribution is 5.79. The van der Waals surface area contributed by atoms with Gasteiger partial charge in [0.2, 0.25) is 5.91 Å². The molecule has 1 spiro atoms. The van der Waals surface area contributed by atoms with Crippen LogP contribution in [0.1, 0.15) is 57.8 Å². The van der Waals surface area contributed by atoms with Gasteiger partial charge in [-0.15, -0.1) is 0 Å². The average Bonchev–Trinajstić information content (AvgIpc) is 3.21. The summed E-state index contributed by atoms with van der Waals surface area (Å²) in [5, 5.41) is 3.11. The van der Waals surface area contributed by atoms with Gasteiger partial charge in [-0.25, -0.2) is 4.79 Å². The van der Waals surface area contributed by atoms with Crippen LogP contribution < -0.4 is 5.32 Å². The molecule has 2 aliphatic heterocycles. The molecule has 0 aromatic carbocycles. The van der Waals surface area contributed by atoms with Crippen molar-refractivity contribution in [3.63, 3.8) is 0 Å². The first-order valence-corrected chi connectivity index (χ1v) is 11.2. The lowest BCUT2D eigenvalue weighted by Crippen LogP contribution is -2.53. The summed E-state index contributed by atoms with van der Waals surface area (Å²) in [6, 6.07) is 0.110. The Morgan fingerprint density at radius 3 is 2.07 bits per heavy atom. The van der Waals surface area contributed by atoms with E-state index in [1.165, 1.54) is 44.9 Å². The lowest BCUT2D eigenvalue weighted by molar-refractivity contribution is -0.137. The summed E-state index contributed by atoms with van der Waals surface area (Å²) in [4.78, 5) is 31.3. The lowest BCUT2D eigenvalue weighted by Gasteiger charge is -2.47. The van der Waals surface area contributed by atoms with Crippen molar-refractivity contribution in [3.8, 4) is 0 Å². The van der Waals surface area contributed by atoms with Crippen molar-refractivity contribution in [2.24, 2.45) is 11.3 Å². The van der Waals surface area contributed by atoms with Crippen LogP contribution in [0.3, 0.4) is 0 Å². The largest absolute Gasteiger partial charge is 0.340 e. The molecule has 4 fully saturated rings. The molecule has 0 radical (unpaired) electrons. The zero-order chi connectivity index (χ0) is 18.7. The van der Waals surface area contributed by atoms with Crippen LogP contribution in [0.4, 0.5) is 4.79 Å². The molecule has 4 rings (SSSR count). The van der Waals surface area contributed by atoms with Crippen LogP contribution in [0.2, 0.25) is 0 Å². The number of rotatable bonds is 4. The minimum atomic E-state index is 0.110. The van der Waals surface area contributed by atoms with Gasteiger partial charge < -0.3 is 15.1 Å². The Bertz CT molecular complexity index is 524. The van der Waals surface area contributed by atoms with Crippen LogP contribution >= 0.6 is 0 Å². The maximum absolute atomic E-state index is 12.5. The smallest absolute Gasteiger partial charge is 0.317 e. The summed E-state index contributed by atoms with van der Waals surface area (Å²) in [5.41, 5.74) is 0.590. The number of hydrogen-bond acceptors (Lipinski definition) is 3. The number of carbonyl (C=O) groups excluding carboxylic acids is 2. The van der Waals surface area contributed by atoms with Gasteiger partial charge in [0, 0.05) is 58.3 Å². The van der Waals surface area contributed by atoms with Crippen molar-refractivity contribution in [2.75, 3.05) is 52.4 Å². The van der Waals surface area contributed by atoms with Gasteiger partial charge >= 0.3 is 6.03 Å². The van der Waals surface area contributed by atoms with Gasteiger partial charge in [0.15, 0.2) is 0 Å². The fourth-order valence-electron chi connectivity index (χ4n) is 5.42. The summed E-state index contributed by atoms with van der Waals surface area (Å²) in [5.74, 6) is 0.675. The Morgan fingerprint density at radius 1 is 0.815 bits per heavy atom. The van der Waals surface area contributed by atoms with E-state index in [0.717, 1.165) is 58.7 Å². The number of carbonyl (C=O) groups is 2. The SMILES string of the molecule is O=C(NCCN1CCN(C(=O)C2CCCC2)CC1)N1CCC2(CCC2)CC1. The standard InChI is InChI=1S/C21H36N4O2/c26-19(18-4-1-2-5-18)24-16-14-23(15-17-24)13-10-22-20(27)25-11-8-21(9-12-25)6-3-7-21/h18H,1-17H2,(H,22,27). The molecule has 4 aliphatic rings. The molecule has 0 aromatic heterocycles. The number of piperidine rings is 1. The Kier molecular flexibility index (Phi) is 5.90. The quantitative estimate of drug-likeness (QED) is 0.819. The van der Waals surface area contributed by atoms with E-state index in [1.807, 2.05) is 4.90 Å². The van der Waals surface area contributed by atoms with Crippen molar-refractivity contribution in [1.29, 1.82) is 0 Å². The first-order valence-electron chi connectivity index (χ1n) is 11.2. The molecule has 2 saturated carbocycles. The second-order valence-electron chi connectivity index (χ2n) is 9.22. The van der Waals surface area contributed by atoms with E-state index in [4.69, 9.17) is 0 Å². The molecule has 2 heterocycles. The molecular formula is C21H36N4O2. The van der Waals surface area contributed by atoms with E-state index < -0.39 is 0 Å². The molecule has 152 valence electrons. The van der Waals surface area contributed by atoms with Gasteiger partial charge in [-0.05, 0) is 43.9 Å². The van der Waals surface area contributed by atoms with Crippen molar-refractivity contribution < 1.29 is 9.59 Å². The molecule has 2 aliphatic carbocycles. The third-order valence-electron chi connectivity index (χ3n) is 7.62. The molecule has 2 saturated heterocycles. The van der Waals surface area contributed by atoms with Crippen LogP contribution in [-0.2, 0) is 4.79 Å². The van der Waals surface area contributed by atoms with Crippen LogP contribution in [0.15, 0.2) is 0 Å². The van der Waals surface area contributed by atoms with Gasteiger partial charge in [0.05, 0.1) is 0 Å². The van der Waals surface area contributed by atoms with E-state index >= 15 is 0 Å². The molecule has 0 atom stereocenters. The second kappa shape index (κ2) is 8.38. The highest BCUT2D eigenvalue weighted by Crippen LogP contribution is 2.48. The van der Waals surface area contributed by atoms with Crippen LogP contribution in [-0.4, -0.2) is 79.0 Å². The van der Waals surface area contributed by atoms with Crippen LogP contribution in [0.5, 0.6) is 0 Å². The van der Waals surface area contributed by atoms with Gasteiger partial charge in [-0.1, -0.05) is 19.3 Å². The van der Waals surface area contributed by atoms with E-state index in [-0.39, 0.29) is 6.03 Å². The molecule has 0 aromatic rings. The van der Waals surface area contributed by atoms with E-state index in [1.54, 1.807) is 0 Å². The minimum absolute atomic E-state index is 0.110. The summed E-state index contributed by atoms with van der Waals surface area (Å²) in [6.07, 6.45) is 11.1. The fourth-order valence-corrected chi connectivity index (χ4v) is 5.42. The summed E-state index contributed by atoms with van der Waals surface area (Å²) in [6.45, 7) is 6.99. The normalized spacial score (nSPS) is 26.2. The number of hydrogen-bond donors (Lipinski definition) is 1. The number of nitrogens with zero attached hydrogens (tertiary/aromatic N) is 3. The van der Waals surface area contributed by atoms with Crippen LogP contribution in [0, 0.1) is 11.3 Å². The highest BCUT2D eigenvalue weighted by atomic mass is 16.2. The molecule has 27 heavy (non-hydrogen) atoms. The third-order valence-corrected chi connectivity index (χ3v) is 7.62. The van der Waals surface area contributed by atoms with Gasteiger partial charge in [0.1, 0.15) is 0 Å². The Balaban J connectivity index is 1.10. The molecular weight excluding hydrogens is 340 g/mol. The van der Waals surface area contributed by atoms with E-state index in [0.29, 0.717) is 23.8 Å². The zero-order valence-electron chi connectivity index (χ0n) is 16.8.